The van der Waals surface area contributed by atoms with E-state index in [0.29, 0.717) is 30.5 Å². The van der Waals surface area contributed by atoms with Crippen molar-refractivity contribution in [1.29, 1.82) is 0 Å². The molecule has 0 radical (unpaired) electrons. The molecule has 0 aliphatic carbocycles. The van der Waals surface area contributed by atoms with Crippen LogP contribution < -0.4 is 20.3 Å². The highest BCUT2D eigenvalue weighted by Crippen LogP contribution is 2.32. The molecule has 178 valence electrons. The number of morpholine rings is 1. The monoisotopic (exact) mass is 463 g/mol. The molecule has 3 N–H and O–H groups in total. The highest BCUT2D eigenvalue weighted by atomic mass is 16.5. The van der Waals surface area contributed by atoms with Gasteiger partial charge in [-0.2, -0.15) is 4.98 Å². The molecule has 4 rings (SSSR count). The van der Waals surface area contributed by atoms with E-state index in [4.69, 9.17) is 9.47 Å². The number of urea groups is 1. The van der Waals surface area contributed by atoms with Gasteiger partial charge in [-0.25, -0.2) is 4.79 Å². The lowest BCUT2D eigenvalue weighted by molar-refractivity contribution is 0.122. The first-order valence-electron chi connectivity index (χ1n) is 11.2. The summed E-state index contributed by atoms with van der Waals surface area (Å²) in [6.07, 6.45) is 1.62. The standard InChI is InChI=1S/C25H29N5O4/c1-17-3-5-20(27-25(32)28-21-6-4-18(2)26-16-21)15-22(17)19-13-23(30-7-10-33-11-8-30)29-24(14-19)34-12-9-31/h3-6,13-16,31H,7-12H2,1-2H3,(H2,27,28,32). The second-order valence-corrected chi connectivity index (χ2v) is 8.02. The molecular weight excluding hydrogens is 434 g/mol. The van der Waals surface area contributed by atoms with Gasteiger partial charge in [-0.3, -0.25) is 4.98 Å². The van der Waals surface area contributed by atoms with Gasteiger partial charge in [0.25, 0.3) is 0 Å². The quantitative estimate of drug-likeness (QED) is 0.491. The lowest BCUT2D eigenvalue weighted by Crippen LogP contribution is -2.36. The Morgan fingerprint density at radius 3 is 2.59 bits per heavy atom. The Bertz CT molecular complexity index is 1130. The van der Waals surface area contributed by atoms with Crippen LogP contribution in [0.1, 0.15) is 11.3 Å². The fraction of sp³-hybridized carbons (Fsp3) is 0.320. The number of anilines is 3. The van der Waals surface area contributed by atoms with Crippen molar-refractivity contribution in [2.75, 3.05) is 55.1 Å². The maximum Gasteiger partial charge on any atom is 0.323 e. The molecular formula is C25H29N5O4. The third kappa shape index (κ3) is 6.00. The number of nitrogens with one attached hydrogen (secondary N) is 2. The van der Waals surface area contributed by atoms with E-state index in [9.17, 15) is 9.90 Å². The zero-order chi connectivity index (χ0) is 23.9. The maximum absolute atomic E-state index is 12.5. The summed E-state index contributed by atoms with van der Waals surface area (Å²) in [7, 11) is 0. The van der Waals surface area contributed by atoms with Crippen LogP contribution in [0.3, 0.4) is 0 Å². The summed E-state index contributed by atoms with van der Waals surface area (Å²) in [4.78, 5) is 23.5. The molecule has 9 heteroatoms. The van der Waals surface area contributed by atoms with Gasteiger partial charge in [0.2, 0.25) is 5.88 Å². The van der Waals surface area contributed by atoms with E-state index < -0.39 is 0 Å². The second-order valence-electron chi connectivity index (χ2n) is 8.02. The first kappa shape index (κ1) is 23.5. The topological polar surface area (TPSA) is 109 Å². The summed E-state index contributed by atoms with van der Waals surface area (Å²) in [5.41, 5.74) is 5.05. The van der Waals surface area contributed by atoms with E-state index in [0.717, 1.165) is 41.3 Å². The first-order valence-corrected chi connectivity index (χ1v) is 11.2. The fourth-order valence-corrected chi connectivity index (χ4v) is 3.67. The molecule has 2 amide bonds. The van der Waals surface area contributed by atoms with Crippen LogP contribution in [0.25, 0.3) is 11.1 Å². The summed E-state index contributed by atoms with van der Waals surface area (Å²) in [6, 6.07) is 12.9. The van der Waals surface area contributed by atoms with Gasteiger partial charge < -0.3 is 30.1 Å². The van der Waals surface area contributed by atoms with Gasteiger partial charge in [0.15, 0.2) is 0 Å². The van der Waals surface area contributed by atoms with Gasteiger partial charge in [-0.1, -0.05) is 6.07 Å². The number of rotatable bonds is 7. The van der Waals surface area contributed by atoms with Crippen LogP contribution in [0, 0.1) is 13.8 Å². The Morgan fingerprint density at radius 1 is 1.09 bits per heavy atom. The number of hydrogen-bond acceptors (Lipinski definition) is 7. The minimum absolute atomic E-state index is 0.0944. The number of carbonyl (C=O) groups excluding carboxylic acids is 1. The molecule has 0 bridgehead atoms. The molecule has 1 saturated heterocycles. The number of pyridine rings is 2. The van der Waals surface area contributed by atoms with Crippen LogP contribution in [0.4, 0.5) is 22.0 Å². The largest absolute Gasteiger partial charge is 0.475 e. The fourth-order valence-electron chi connectivity index (χ4n) is 3.67. The van der Waals surface area contributed by atoms with Gasteiger partial charge in [0.1, 0.15) is 12.4 Å². The molecule has 9 nitrogen and oxygen atoms in total. The average Bonchev–Trinajstić information content (AvgIpc) is 2.85. The zero-order valence-corrected chi connectivity index (χ0v) is 19.4. The van der Waals surface area contributed by atoms with Gasteiger partial charge in [-0.05, 0) is 60.9 Å². The molecule has 1 aliphatic heterocycles. The number of aliphatic hydroxyl groups is 1. The van der Waals surface area contributed by atoms with Crippen molar-refractivity contribution in [3.63, 3.8) is 0 Å². The van der Waals surface area contributed by atoms with Crippen molar-refractivity contribution < 1.29 is 19.4 Å². The number of nitrogens with zero attached hydrogens (tertiary/aromatic N) is 3. The predicted octanol–water partition coefficient (Wildman–Crippen LogP) is 3.61. The number of ether oxygens (including phenoxy) is 2. The Morgan fingerprint density at radius 2 is 1.85 bits per heavy atom. The van der Waals surface area contributed by atoms with Crippen molar-refractivity contribution in [2.24, 2.45) is 0 Å². The van der Waals surface area contributed by atoms with Crippen LogP contribution in [0.15, 0.2) is 48.7 Å². The van der Waals surface area contributed by atoms with E-state index in [-0.39, 0.29) is 19.2 Å². The van der Waals surface area contributed by atoms with Crippen molar-refractivity contribution in [2.45, 2.75) is 13.8 Å². The number of amides is 2. The Labute approximate surface area is 198 Å². The maximum atomic E-state index is 12.5. The van der Waals surface area contributed by atoms with Crippen LogP contribution in [0.2, 0.25) is 0 Å². The van der Waals surface area contributed by atoms with Crippen molar-refractivity contribution >= 4 is 23.2 Å². The molecule has 0 saturated carbocycles. The molecule has 3 aromatic rings. The number of benzene rings is 1. The average molecular weight is 464 g/mol. The lowest BCUT2D eigenvalue weighted by Gasteiger charge is -2.28. The summed E-state index contributed by atoms with van der Waals surface area (Å²) in [5, 5.41) is 14.9. The third-order valence-electron chi connectivity index (χ3n) is 5.44. The zero-order valence-electron chi connectivity index (χ0n) is 19.4. The van der Waals surface area contributed by atoms with E-state index >= 15 is 0 Å². The molecule has 2 aromatic heterocycles. The molecule has 3 heterocycles. The molecule has 1 aliphatic rings. The van der Waals surface area contributed by atoms with Crippen LogP contribution in [-0.2, 0) is 4.74 Å². The molecule has 1 fully saturated rings. The predicted molar refractivity (Wildman–Crippen MR) is 132 cm³/mol. The van der Waals surface area contributed by atoms with Crippen molar-refractivity contribution in [1.82, 2.24) is 9.97 Å². The summed E-state index contributed by atoms with van der Waals surface area (Å²) in [5.74, 6) is 1.23. The van der Waals surface area contributed by atoms with Crippen LogP contribution >= 0.6 is 0 Å². The summed E-state index contributed by atoms with van der Waals surface area (Å²) in [6.45, 7) is 6.73. The van der Waals surface area contributed by atoms with E-state index in [1.165, 1.54) is 0 Å². The van der Waals surface area contributed by atoms with Crippen LogP contribution in [0.5, 0.6) is 5.88 Å². The number of aliphatic hydroxyl groups excluding tert-OH is 1. The second kappa shape index (κ2) is 11.0. The smallest absolute Gasteiger partial charge is 0.323 e. The van der Waals surface area contributed by atoms with Crippen molar-refractivity contribution in [3.05, 3.63) is 59.9 Å². The number of aromatic nitrogens is 2. The highest BCUT2D eigenvalue weighted by Gasteiger charge is 2.16. The summed E-state index contributed by atoms with van der Waals surface area (Å²) < 4.78 is 11.1. The highest BCUT2D eigenvalue weighted by molar-refractivity contribution is 6.00. The third-order valence-corrected chi connectivity index (χ3v) is 5.44. The Balaban J connectivity index is 1.59. The minimum Gasteiger partial charge on any atom is -0.475 e. The van der Waals surface area contributed by atoms with E-state index in [2.05, 4.69) is 25.5 Å². The Kier molecular flexibility index (Phi) is 7.56. The number of aryl methyl sites for hydroxylation is 2. The van der Waals surface area contributed by atoms with Crippen LogP contribution in [-0.4, -0.2) is 60.6 Å². The lowest BCUT2D eigenvalue weighted by atomic mass is 10.0. The molecule has 0 spiro atoms. The van der Waals surface area contributed by atoms with Gasteiger partial charge in [0.05, 0.1) is 31.7 Å². The first-order chi connectivity index (χ1) is 16.5. The summed E-state index contributed by atoms with van der Waals surface area (Å²) >= 11 is 0. The van der Waals surface area contributed by atoms with Gasteiger partial charge in [0, 0.05) is 30.5 Å². The number of hydrogen-bond donors (Lipinski definition) is 3. The molecule has 1 aromatic carbocycles. The minimum atomic E-state index is -0.351. The molecule has 0 atom stereocenters. The molecule has 34 heavy (non-hydrogen) atoms. The van der Waals surface area contributed by atoms with Crippen molar-refractivity contribution in [3.8, 4) is 17.0 Å². The normalized spacial score (nSPS) is 13.4. The number of carbonyl (C=O) groups is 1. The van der Waals surface area contributed by atoms with E-state index in [1.807, 2.05) is 50.2 Å². The SMILES string of the molecule is Cc1ccc(NC(=O)Nc2ccc(C)c(-c3cc(OCCO)nc(N4CCOCC4)c3)c2)cn1. The molecule has 0 unspecified atom stereocenters. The Hall–Kier alpha value is -3.69. The van der Waals surface area contributed by atoms with Gasteiger partial charge >= 0.3 is 6.03 Å². The van der Waals surface area contributed by atoms with Gasteiger partial charge in [-0.15, -0.1) is 0 Å². The van der Waals surface area contributed by atoms with E-state index in [1.54, 1.807) is 12.3 Å².